The number of Topliss-reactive ketones (excluding diaryl/α,β-unsaturated/α-hetero) is 1. The third-order valence-electron chi connectivity index (χ3n) is 1.76. The first-order valence-corrected chi connectivity index (χ1v) is 6.12. The van der Waals surface area contributed by atoms with E-state index in [1.165, 1.54) is 0 Å². The third kappa shape index (κ3) is 2.85. The Balaban J connectivity index is 2.95. The number of halogens is 1. The van der Waals surface area contributed by atoms with E-state index in [0.29, 0.717) is 5.75 Å². The average molecular weight is 259 g/mol. The second-order valence-electron chi connectivity index (χ2n) is 2.82. The lowest BCUT2D eigenvalue weighted by molar-refractivity contribution is 0.102. The lowest BCUT2D eigenvalue weighted by Crippen LogP contribution is -2.04. The fourth-order valence-corrected chi connectivity index (χ4v) is 2.04. The van der Waals surface area contributed by atoms with Gasteiger partial charge >= 0.3 is 0 Å². The summed E-state index contributed by atoms with van der Waals surface area (Å²) in [4.78, 5) is 11.5. The Morgan fingerprint density at radius 1 is 1.54 bits per heavy atom. The number of carbonyl (C=O) groups is 1. The molecule has 13 heavy (non-hydrogen) atoms. The maximum absolute atomic E-state index is 11.5. The topological polar surface area (TPSA) is 17.1 Å². The second kappa shape index (κ2) is 4.82. The average Bonchev–Trinajstić information content (AvgIpc) is 2.04. The minimum atomic E-state index is 0.206. The first-order valence-electron chi connectivity index (χ1n) is 3.93. The molecule has 0 heterocycles. The smallest absolute Gasteiger partial charge is 0.172 e. The predicted molar refractivity (Wildman–Crippen MR) is 61.6 cm³/mol. The normalized spacial score (nSPS) is 10.1. The van der Waals surface area contributed by atoms with Crippen LogP contribution in [-0.4, -0.2) is 17.8 Å². The maximum atomic E-state index is 11.5. The quantitative estimate of drug-likeness (QED) is 0.775. The van der Waals surface area contributed by atoms with Crippen LogP contribution in [0, 0.1) is 6.92 Å². The summed E-state index contributed by atoms with van der Waals surface area (Å²) in [6.45, 7) is 1.96. The fourth-order valence-electron chi connectivity index (χ4n) is 1.15. The Hall–Kier alpha value is -0.280. The molecule has 0 atom stereocenters. The van der Waals surface area contributed by atoms with Crippen LogP contribution in [0.2, 0.25) is 0 Å². The number of hydrogen-bond acceptors (Lipinski definition) is 2. The van der Waals surface area contributed by atoms with E-state index in [2.05, 4.69) is 15.9 Å². The molecule has 0 aliphatic rings. The van der Waals surface area contributed by atoms with Gasteiger partial charge in [-0.3, -0.25) is 4.79 Å². The summed E-state index contributed by atoms with van der Waals surface area (Å²) in [5.74, 6) is 0.764. The van der Waals surface area contributed by atoms with E-state index in [-0.39, 0.29) is 5.78 Å². The number of hydrogen-bond donors (Lipinski definition) is 0. The van der Waals surface area contributed by atoms with E-state index >= 15 is 0 Å². The molecule has 0 aromatic heterocycles. The molecule has 0 radical (unpaired) electrons. The molecule has 1 nitrogen and oxygen atoms in total. The van der Waals surface area contributed by atoms with Crippen molar-refractivity contribution in [2.75, 3.05) is 12.0 Å². The number of carbonyl (C=O) groups excluding carboxylic acids is 1. The summed E-state index contributed by atoms with van der Waals surface area (Å²) >= 11 is 4.92. The van der Waals surface area contributed by atoms with Crippen LogP contribution >= 0.6 is 27.7 Å². The van der Waals surface area contributed by atoms with Crippen LogP contribution in [0.5, 0.6) is 0 Å². The fraction of sp³-hybridized carbons (Fsp3) is 0.300. The van der Waals surface area contributed by atoms with Gasteiger partial charge in [0, 0.05) is 10.0 Å². The van der Waals surface area contributed by atoms with Gasteiger partial charge in [-0.15, -0.1) is 0 Å². The van der Waals surface area contributed by atoms with Crippen LogP contribution in [0.4, 0.5) is 0 Å². The summed E-state index contributed by atoms with van der Waals surface area (Å²) in [5, 5.41) is 0. The highest BCUT2D eigenvalue weighted by atomic mass is 79.9. The minimum absolute atomic E-state index is 0.206. The summed E-state index contributed by atoms with van der Waals surface area (Å²) in [6.07, 6.45) is 1.94. The van der Waals surface area contributed by atoms with E-state index in [9.17, 15) is 4.79 Å². The van der Waals surface area contributed by atoms with Gasteiger partial charge in [-0.1, -0.05) is 15.9 Å². The predicted octanol–water partition coefficient (Wildman–Crippen LogP) is 3.30. The number of benzene rings is 1. The molecule has 0 aliphatic carbocycles. The number of thioether (sulfide) groups is 1. The van der Waals surface area contributed by atoms with E-state index in [1.54, 1.807) is 11.8 Å². The Labute approximate surface area is 91.0 Å². The first kappa shape index (κ1) is 10.8. The van der Waals surface area contributed by atoms with Crippen molar-refractivity contribution in [1.82, 2.24) is 0 Å². The van der Waals surface area contributed by atoms with Gasteiger partial charge in [-0.25, -0.2) is 0 Å². The molecular weight excluding hydrogens is 248 g/mol. The molecule has 1 aromatic rings. The van der Waals surface area contributed by atoms with Crippen molar-refractivity contribution in [2.24, 2.45) is 0 Å². The van der Waals surface area contributed by atoms with Gasteiger partial charge < -0.3 is 0 Å². The Morgan fingerprint density at radius 3 is 2.77 bits per heavy atom. The monoisotopic (exact) mass is 258 g/mol. The SMILES string of the molecule is CSCC(=O)c1ccc(Br)cc1C. The van der Waals surface area contributed by atoms with Gasteiger partial charge in [-0.05, 0) is 36.9 Å². The van der Waals surface area contributed by atoms with Crippen LogP contribution in [0.25, 0.3) is 0 Å². The lowest BCUT2D eigenvalue weighted by atomic mass is 10.1. The Bertz CT molecular complexity index is 323. The van der Waals surface area contributed by atoms with Crippen molar-refractivity contribution < 1.29 is 4.79 Å². The molecule has 0 amide bonds. The van der Waals surface area contributed by atoms with E-state index in [4.69, 9.17) is 0 Å². The molecule has 0 unspecified atom stereocenters. The van der Waals surface area contributed by atoms with Crippen molar-refractivity contribution in [3.8, 4) is 0 Å². The van der Waals surface area contributed by atoms with Gasteiger partial charge in [0.15, 0.2) is 5.78 Å². The van der Waals surface area contributed by atoms with Crippen molar-refractivity contribution in [3.05, 3.63) is 33.8 Å². The van der Waals surface area contributed by atoms with Crippen molar-refractivity contribution in [2.45, 2.75) is 6.92 Å². The van der Waals surface area contributed by atoms with E-state index in [1.807, 2.05) is 31.4 Å². The summed E-state index contributed by atoms with van der Waals surface area (Å²) in [5.41, 5.74) is 1.87. The van der Waals surface area contributed by atoms with Crippen molar-refractivity contribution >= 4 is 33.5 Å². The highest BCUT2D eigenvalue weighted by Crippen LogP contribution is 2.17. The van der Waals surface area contributed by atoms with Crippen LogP contribution in [0.3, 0.4) is 0 Å². The molecule has 0 fully saturated rings. The van der Waals surface area contributed by atoms with Gasteiger partial charge in [0.2, 0.25) is 0 Å². The second-order valence-corrected chi connectivity index (χ2v) is 4.60. The molecule has 0 spiro atoms. The first-order chi connectivity index (χ1) is 6.15. The number of ketones is 1. The Kier molecular flexibility index (Phi) is 4.00. The molecule has 0 N–H and O–H groups in total. The van der Waals surface area contributed by atoms with Crippen LogP contribution in [-0.2, 0) is 0 Å². The third-order valence-corrected chi connectivity index (χ3v) is 2.81. The molecular formula is C10H11BrOS. The molecule has 0 saturated heterocycles. The number of rotatable bonds is 3. The van der Waals surface area contributed by atoms with E-state index in [0.717, 1.165) is 15.6 Å². The van der Waals surface area contributed by atoms with Gasteiger partial charge in [-0.2, -0.15) is 11.8 Å². The zero-order valence-electron chi connectivity index (χ0n) is 7.63. The molecule has 0 saturated carbocycles. The largest absolute Gasteiger partial charge is 0.293 e. The molecule has 1 rings (SSSR count). The van der Waals surface area contributed by atoms with Crippen LogP contribution in [0.1, 0.15) is 15.9 Å². The molecule has 0 bridgehead atoms. The summed E-state index contributed by atoms with van der Waals surface area (Å²) < 4.78 is 1.02. The number of aryl methyl sites for hydroxylation is 1. The van der Waals surface area contributed by atoms with Crippen molar-refractivity contribution in [1.29, 1.82) is 0 Å². The Morgan fingerprint density at radius 2 is 2.23 bits per heavy atom. The minimum Gasteiger partial charge on any atom is -0.293 e. The lowest BCUT2D eigenvalue weighted by Gasteiger charge is -2.03. The molecule has 1 aromatic carbocycles. The van der Waals surface area contributed by atoms with E-state index < -0.39 is 0 Å². The highest BCUT2D eigenvalue weighted by Gasteiger charge is 2.07. The molecule has 0 aliphatic heterocycles. The highest BCUT2D eigenvalue weighted by molar-refractivity contribution is 9.10. The van der Waals surface area contributed by atoms with Gasteiger partial charge in [0.25, 0.3) is 0 Å². The van der Waals surface area contributed by atoms with Gasteiger partial charge in [0.05, 0.1) is 5.75 Å². The zero-order chi connectivity index (χ0) is 9.84. The summed E-state index contributed by atoms with van der Waals surface area (Å²) in [6, 6.07) is 5.74. The van der Waals surface area contributed by atoms with Crippen LogP contribution < -0.4 is 0 Å². The zero-order valence-corrected chi connectivity index (χ0v) is 10.0. The summed E-state index contributed by atoms with van der Waals surface area (Å²) in [7, 11) is 0. The maximum Gasteiger partial charge on any atom is 0.172 e. The van der Waals surface area contributed by atoms with Crippen LogP contribution in [0.15, 0.2) is 22.7 Å². The standard InChI is InChI=1S/C10H11BrOS/c1-7-5-8(11)3-4-9(7)10(12)6-13-2/h3-5H,6H2,1-2H3. The molecule has 70 valence electrons. The van der Waals surface area contributed by atoms with Gasteiger partial charge in [0.1, 0.15) is 0 Å². The molecule has 3 heteroatoms. The van der Waals surface area contributed by atoms with Crippen molar-refractivity contribution in [3.63, 3.8) is 0 Å².